The summed E-state index contributed by atoms with van der Waals surface area (Å²) in [6, 6.07) is 8.56. The van der Waals surface area contributed by atoms with E-state index in [9.17, 15) is 5.11 Å². The van der Waals surface area contributed by atoms with E-state index in [0.29, 0.717) is 12.5 Å². The van der Waals surface area contributed by atoms with E-state index in [2.05, 4.69) is 24.0 Å². The van der Waals surface area contributed by atoms with Crippen molar-refractivity contribution in [3.8, 4) is 0 Å². The summed E-state index contributed by atoms with van der Waals surface area (Å²) >= 11 is 0. The van der Waals surface area contributed by atoms with E-state index in [4.69, 9.17) is 5.73 Å². The first kappa shape index (κ1) is 11.4. The molecule has 0 bridgehead atoms. The lowest BCUT2D eigenvalue weighted by atomic mass is 10.0. The second kappa shape index (κ2) is 4.85. The van der Waals surface area contributed by atoms with E-state index >= 15 is 0 Å². The summed E-state index contributed by atoms with van der Waals surface area (Å²) in [5, 5.41) is 9.43. The zero-order valence-corrected chi connectivity index (χ0v) is 9.76. The number of hydrogen-bond donors (Lipinski definition) is 2. The number of nitrogens with two attached hydrogens (primary N) is 1. The van der Waals surface area contributed by atoms with Crippen LogP contribution >= 0.6 is 0 Å². The molecule has 1 aliphatic heterocycles. The van der Waals surface area contributed by atoms with Gasteiger partial charge in [-0.3, -0.25) is 0 Å². The van der Waals surface area contributed by atoms with Crippen LogP contribution in [-0.4, -0.2) is 24.3 Å². The minimum atomic E-state index is 0.230. The van der Waals surface area contributed by atoms with E-state index in [-0.39, 0.29) is 12.6 Å². The van der Waals surface area contributed by atoms with Crippen LogP contribution in [0.3, 0.4) is 0 Å². The maximum absolute atomic E-state index is 9.43. The van der Waals surface area contributed by atoms with Gasteiger partial charge in [0, 0.05) is 18.8 Å². The Hall–Kier alpha value is -1.06. The number of nitrogens with zero attached hydrogens (tertiary/aromatic N) is 1. The number of aliphatic hydroxyl groups is 1. The average Bonchev–Trinajstić information content (AvgIpc) is 2.70. The van der Waals surface area contributed by atoms with Crippen LogP contribution in [-0.2, 0) is 6.54 Å². The maximum Gasteiger partial charge on any atom is 0.0637 e. The Kier molecular flexibility index (Phi) is 3.46. The lowest BCUT2D eigenvalue weighted by Gasteiger charge is -2.27. The lowest BCUT2D eigenvalue weighted by molar-refractivity contribution is 0.245. The Bertz CT molecular complexity index is 354. The second-order valence-corrected chi connectivity index (χ2v) is 4.58. The van der Waals surface area contributed by atoms with Crippen LogP contribution in [0.5, 0.6) is 0 Å². The normalized spacial score (nSPS) is 25.1. The highest BCUT2D eigenvalue weighted by molar-refractivity contribution is 5.50. The zero-order chi connectivity index (χ0) is 11.5. The monoisotopic (exact) mass is 220 g/mol. The van der Waals surface area contributed by atoms with Crippen molar-refractivity contribution in [2.75, 3.05) is 18.1 Å². The average molecular weight is 220 g/mol. The van der Waals surface area contributed by atoms with E-state index in [1.807, 2.05) is 12.1 Å². The molecule has 1 aromatic carbocycles. The van der Waals surface area contributed by atoms with Crippen molar-refractivity contribution in [1.29, 1.82) is 0 Å². The van der Waals surface area contributed by atoms with Gasteiger partial charge in [-0.2, -0.15) is 0 Å². The van der Waals surface area contributed by atoms with E-state index in [0.717, 1.165) is 18.5 Å². The first-order valence-corrected chi connectivity index (χ1v) is 5.92. The van der Waals surface area contributed by atoms with E-state index in [1.54, 1.807) is 0 Å². The van der Waals surface area contributed by atoms with Gasteiger partial charge in [0.2, 0.25) is 0 Å². The van der Waals surface area contributed by atoms with Crippen LogP contribution in [0.25, 0.3) is 0 Å². The molecular formula is C13H20N2O. The fraction of sp³-hybridized carbons (Fsp3) is 0.538. The van der Waals surface area contributed by atoms with Gasteiger partial charge in [0.05, 0.1) is 12.6 Å². The Morgan fingerprint density at radius 2 is 2.31 bits per heavy atom. The minimum Gasteiger partial charge on any atom is -0.394 e. The molecule has 3 N–H and O–H groups in total. The number of rotatable bonds is 3. The minimum absolute atomic E-state index is 0.230. The third-order valence-corrected chi connectivity index (χ3v) is 3.55. The van der Waals surface area contributed by atoms with Crippen molar-refractivity contribution in [3.63, 3.8) is 0 Å². The van der Waals surface area contributed by atoms with Gasteiger partial charge in [-0.15, -0.1) is 0 Å². The van der Waals surface area contributed by atoms with E-state index in [1.165, 1.54) is 5.69 Å². The molecule has 88 valence electrons. The predicted octanol–water partition coefficient (Wildman–Crippen LogP) is 1.35. The number of benzene rings is 1. The summed E-state index contributed by atoms with van der Waals surface area (Å²) in [6.07, 6.45) is 1.15. The van der Waals surface area contributed by atoms with Crippen molar-refractivity contribution in [3.05, 3.63) is 29.8 Å². The molecule has 0 amide bonds. The summed E-state index contributed by atoms with van der Waals surface area (Å²) < 4.78 is 0. The van der Waals surface area contributed by atoms with Gasteiger partial charge in [0.15, 0.2) is 0 Å². The SMILES string of the molecule is CC1CCN(c2cccc(CN)c2)C1CO. The number of aliphatic hydroxyl groups excluding tert-OH is 1. The molecule has 0 aliphatic carbocycles. The van der Waals surface area contributed by atoms with Crippen LogP contribution in [0.1, 0.15) is 18.9 Å². The molecule has 0 aromatic heterocycles. The number of anilines is 1. The van der Waals surface area contributed by atoms with Gasteiger partial charge in [0.1, 0.15) is 0 Å². The molecule has 16 heavy (non-hydrogen) atoms. The quantitative estimate of drug-likeness (QED) is 0.808. The second-order valence-electron chi connectivity index (χ2n) is 4.58. The zero-order valence-electron chi connectivity index (χ0n) is 9.76. The van der Waals surface area contributed by atoms with Crippen LogP contribution in [0.2, 0.25) is 0 Å². The fourth-order valence-electron chi connectivity index (χ4n) is 2.47. The van der Waals surface area contributed by atoms with Crippen molar-refractivity contribution in [2.45, 2.75) is 25.9 Å². The molecule has 1 aromatic rings. The summed E-state index contributed by atoms with van der Waals surface area (Å²) in [7, 11) is 0. The molecular weight excluding hydrogens is 200 g/mol. The molecule has 1 saturated heterocycles. The Balaban J connectivity index is 2.22. The molecule has 3 nitrogen and oxygen atoms in total. The van der Waals surface area contributed by atoms with Crippen LogP contribution in [0.4, 0.5) is 5.69 Å². The molecule has 3 heteroatoms. The summed E-state index contributed by atoms with van der Waals surface area (Å²) in [6.45, 7) is 4.03. The van der Waals surface area contributed by atoms with Crippen LogP contribution < -0.4 is 10.6 Å². The Labute approximate surface area is 96.9 Å². The molecule has 2 rings (SSSR count). The van der Waals surface area contributed by atoms with E-state index < -0.39 is 0 Å². The molecule has 0 radical (unpaired) electrons. The Morgan fingerprint density at radius 3 is 3.00 bits per heavy atom. The molecule has 0 saturated carbocycles. The van der Waals surface area contributed by atoms with Crippen LogP contribution in [0, 0.1) is 5.92 Å². The standard InChI is InChI=1S/C13H20N2O/c1-10-5-6-15(13(10)9-16)12-4-2-3-11(7-12)8-14/h2-4,7,10,13,16H,5-6,8-9,14H2,1H3. The maximum atomic E-state index is 9.43. The highest BCUT2D eigenvalue weighted by atomic mass is 16.3. The highest BCUT2D eigenvalue weighted by Gasteiger charge is 2.30. The molecule has 2 atom stereocenters. The predicted molar refractivity (Wildman–Crippen MR) is 66.3 cm³/mol. The highest BCUT2D eigenvalue weighted by Crippen LogP contribution is 2.29. The van der Waals surface area contributed by atoms with Gasteiger partial charge in [-0.25, -0.2) is 0 Å². The smallest absolute Gasteiger partial charge is 0.0637 e. The first-order chi connectivity index (χ1) is 7.76. The summed E-state index contributed by atoms with van der Waals surface area (Å²) in [4.78, 5) is 2.30. The van der Waals surface area contributed by atoms with Crippen molar-refractivity contribution in [2.24, 2.45) is 11.7 Å². The third-order valence-electron chi connectivity index (χ3n) is 3.55. The summed E-state index contributed by atoms with van der Waals surface area (Å²) in [5.74, 6) is 0.562. The lowest BCUT2D eigenvalue weighted by Crippen LogP contribution is -2.35. The largest absolute Gasteiger partial charge is 0.394 e. The molecule has 1 heterocycles. The third kappa shape index (κ3) is 2.06. The van der Waals surface area contributed by atoms with Crippen LogP contribution in [0.15, 0.2) is 24.3 Å². The van der Waals surface area contributed by atoms with Gasteiger partial charge in [-0.1, -0.05) is 19.1 Å². The van der Waals surface area contributed by atoms with Crippen molar-refractivity contribution >= 4 is 5.69 Å². The molecule has 1 aliphatic rings. The fourth-order valence-corrected chi connectivity index (χ4v) is 2.47. The van der Waals surface area contributed by atoms with Gasteiger partial charge in [0.25, 0.3) is 0 Å². The molecule has 0 spiro atoms. The summed E-state index contributed by atoms with van der Waals surface area (Å²) in [5.41, 5.74) is 7.98. The topological polar surface area (TPSA) is 49.5 Å². The van der Waals surface area contributed by atoms with Crippen molar-refractivity contribution in [1.82, 2.24) is 0 Å². The first-order valence-electron chi connectivity index (χ1n) is 5.92. The van der Waals surface area contributed by atoms with Gasteiger partial charge < -0.3 is 15.7 Å². The number of hydrogen-bond acceptors (Lipinski definition) is 3. The van der Waals surface area contributed by atoms with Gasteiger partial charge >= 0.3 is 0 Å². The van der Waals surface area contributed by atoms with Crippen molar-refractivity contribution < 1.29 is 5.11 Å². The molecule has 1 fully saturated rings. The Morgan fingerprint density at radius 1 is 1.50 bits per heavy atom. The van der Waals surface area contributed by atoms with Gasteiger partial charge in [-0.05, 0) is 30.0 Å². The molecule has 2 unspecified atom stereocenters.